The van der Waals surface area contributed by atoms with Gasteiger partial charge >= 0.3 is 0 Å². The summed E-state index contributed by atoms with van der Waals surface area (Å²) in [6, 6.07) is 10.0. The Balaban J connectivity index is 1.63. The smallest absolute Gasteiger partial charge is 0.227 e. The predicted molar refractivity (Wildman–Crippen MR) is 106 cm³/mol. The minimum Gasteiger partial charge on any atom is -0.368 e. The van der Waals surface area contributed by atoms with Crippen LogP contribution in [0.1, 0.15) is 19.8 Å². The van der Waals surface area contributed by atoms with Gasteiger partial charge in [0, 0.05) is 56.7 Å². The van der Waals surface area contributed by atoms with Crippen LogP contribution in [0, 0.1) is 0 Å². The van der Waals surface area contributed by atoms with Crippen LogP contribution in [0.15, 0.2) is 36.5 Å². The highest BCUT2D eigenvalue weighted by Gasteiger charge is 2.20. The van der Waals surface area contributed by atoms with Crippen LogP contribution in [-0.2, 0) is 0 Å². The van der Waals surface area contributed by atoms with Crippen molar-refractivity contribution in [1.29, 1.82) is 0 Å². The molecule has 3 rings (SSSR count). The number of hydrogen-bond donors (Lipinski definition) is 0. The van der Waals surface area contributed by atoms with Gasteiger partial charge in [0.05, 0.1) is 0 Å². The fourth-order valence-electron chi connectivity index (χ4n) is 3.05. The van der Waals surface area contributed by atoms with Crippen LogP contribution in [0.5, 0.6) is 0 Å². The van der Waals surface area contributed by atoms with Gasteiger partial charge in [0.1, 0.15) is 5.82 Å². The summed E-state index contributed by atoms with van der Waals surface area (Å²) in [5, 5.41) is 0.783. The van der Waals surface area contributed by atoms with E-state index in [1.807, 2.05) is 30.5 Å². The van der Waals surface area contributed by atoms with E-state index in [0.29, 0.717) is 0 Å². The number of halogens is 1. The van der Waals surface area contributed by atoms with E-state index in [4.69, 9.17) is 16.6 Å². The zero-order valence-corrected chi connectivity index (χ0v) is 15.8. The average Bonchev–Trinajstić information content (AvgIpc) is 2.66. The molecular weight excluding hydrogens is 334 g/mol. The summed E-state index contributed by atoms with van der Waals surface area (Å²) in [5.74, 6) is 1.82. The maximum atomic E-state index is 6.11. The zero-order chi connectivity index (χ0) is 17.6. The van der Waals surface area contributed by atoms with Crippen molar-refractivity contribution >= 4 is 29.1 Å². The van der Waals surface area contributed by atoms with Crippen molar-refractivity contribution < 1.29 is 0 Å². The molecule has 1 aliphatic rings. The topological polar surface area (TPSA) is 35.5 Å². The third kappa shape index (κ3) is 4.54. The molecule has 0 unspecified atom stereocenters. The fraction of sp³-hybridized carbons (Fsp3) is 0.474. The van der Waals surface area contributed by atoms with Crippen molar-refractivity contribution in [3.05, 3.63) is 41.6 Å². The molecule has 0 N–H and O–H groups in total. The van der Waals surface area contributed by atoms with E-state index < -0.39 is 0 Å². The first-order chi connectivity index (χ1) is 12.2. The lowest BCUT2D eigenvalue weighted by molar-refractivity contribution is 0.639. The van der Waals surface area contributed by atoms with Gasteiger partial charge in [-0.1, -0.05) is 31.0 Å². The van der Waals surface area contributed by atoms with Crippen molar-refractivity contribution in [2.24, 2.45) is 0 Å². The van der Waals surface area contributed by atoms with Crippen molar-refractivity contribution in [2.75, 3.05) is 54.5 Å². The summed E-state index contributed by atoms with van der Waals surface area (Å²) in [5.41, 5.74) is 1.18. The molecule has 2 aromatic rings. The van der Waals surface area contributed by atoms with Crippen LogP contribution in [-0.4, -0.2) is 49.7 Å². The van der Waals surface area contributed by atoms with Gasteiger partial charge in [-0.2, -0.15) is 4.98 Å². The van der Waals surface area contributed by atoms with Crippen molar-refractivity contribution in [3.63, 3.8) is 0 Å². The Kier molecular flexibility index (Phi) is 5.97. The zero-order valence-electron chi connectivity index (χ0n) is 15.0. The maximum absolute atomic E-state index is 6.11. The molecule has 25 heavy (non-hydrogen) atoms. The van der Waals surface area contributed by atoms with E-state index in [2.05, 4.69) is 39.7 Å². The monoisotopic (exact) mass is 359 g/mol. The van der Waals surface area contributed by atoms with Crippen molar-refractivity contribution in [1.82, 2.24) is 9.97 Å². The number of benzene rings is 1. The standard InChI is InChI=1S/C19H26ClN5/c1-3-4-10-23(2)18-8-9-21-19(22-18)25-13-11-24(12-14-25)17-7-5-6-16(20)15-17/h5-9,15H,3-4,10-14H2,1-2H3. The first kappa shape index (κ1) is 17.8. The van der Waals surface area contributed by atoms with Crippen LogP contribution in [0.25, 0.3) is 0 Å². The molecule has 0 aliphatic carbocycles. The predicted octanol–water partition coefficient (Wildman–Crippen LogP) is 3.69. The Morgan fingerprint density at radius 2 is 1.88 bits per heavy atom. The van der Waals surface area contributed by atoms with Gasteiger partial charge in [-0.05, 0) is 30.7 Å². The Labute approximate surface area is 155 Å². The number of hydrogen-bond acceptors (Lipinski definition) is 5. The van der Waals surface area contributed by atoms with Gasteiger partial charge in [0.25, 0.3) is 0 Å². The average molecular weight is 360 g/mol. The summed E-state index contributed by atoms with van der Waals surface area (Å²) in [7, 11) is 2.10. The second-order valence-electron chi connectivity index (χ2n) is 6.44. The molecule has 0 radical (unpaired) electrons. The number of rotatable bonds is 6. The molecule has 1 fully saturated rings. The van der Waals surface area contributed by atoms with E-state index in [0.717, 1.165) is 49.5 Å². The lowest BCUT2D eigenvalue weighted by Gasteiger charge is -2.36. The van der Waals surface area contributed by atoms with Crippen LogP contribution < -0.4 is 14.7 Å². The van der Waals surface area contributed by atoms with Crippen LogP contribution >= 0.6 is 11.6 Å². The van der Waals surface area contributed by atoms with Crippen LogP contribution in [0.4, 0.5) is 17.5 Å². The molecule has 1 saturated heterocycles. The molecule has 2 heterocycles. The van der Waals surface area contributed by atoms with Gasteiger partial charge in [0.2, 0.25) is 5.95 Å². The van der Waals surface area contributed by atoms with Crippen LogP contribution in [0.3, 0.4) is 0 Å². The second kappa shape index (κ2) is 8.39. The Bertz CT molecular complexity index is 685. The second-order valence-corrected chi connectivity index (χ2v) is 6.88. The number of nitrogens with zero attached hydrogens (tertiary/aromatic N) is 5. The molecule has 0 bridgehead atoms. The van der Waals surface area contributed by atoms with Crippen LogP contribution in [0.2, 0.25) is 5.02 Å². The highest BCUT2D eigenvalue weighted by molar-refractivity contribution is 6.30. The van der Waals surface area contributed by atoms with Gasteiger partial charge in [-0.15, -0.1) is 0 Å². The quantitative estimate of drug-likeness (QED) is 0.786. The summed E-state index contributed by atoms with van der Waals surface area (Å²) >= 11 is 6.11. The fourth-order valence-corrected chi connectivity index (χ4v) is 3.24. The summed E-state index contributed by atoms with van der Waals surface area (Å²) in [6.45, 7) is 6.94. The van der Waals surface area contributed by atoms with Gasteiger partial charge in [-0.25, -0.2) is 4.98 Å². The van der Waals surface area contributed by atoms with E-state index in [-0.39, 0.29) is 0 Å². The molecule has 0 amide bonds. The van der Waals surface area contributed by atoms with Gasteiger partial charge < -0.3 is 14.7 Å². The minimum atomic E-state index is 0.783. The largest absolute Gasteiger partial charge is 0.368 e. The highest BCUT2D eigenvalue weighted by atomic mass is 35.5. The molecule has 1 aromatic heterocycles. The lowest BCUT2D eigenvalue weighted by atomic mass is 10.2. The van der Waals surface area contributed by atoms with Gasteiger partial charge in [-0.3, -0.25) is 0 Å². The molecular formula is C19H26ClN5. The summed E-state index contributed by atoms with van der Waals surface area (Å²) in [6.07, 6.45) is 4.23. The van der Waals surface area contributed by atoms with E-state index in [9.17, 15) is 0 Å². The molecule has 0 saturated carbocycles. The number of anilines is 3. The Morgan fingerprint density at radius 3 is 2.60 bits per heavy atom. The van der Waals surface area contributed by atoms with Crippen molar-refractivity contribution in [2.45, 2.75) is 19.8 Å². The Hall–Kier alpha value is -2.01. The molecule has 6 heteroatoms. The number of aromatic nitrogens is 2. The third-order valence-corrected chi connectivity index (χ3v) is 4.84. The van der Waals surface area contributed by atoms with Gasteiger partial charge in [0.15, 0.2) is 0 Å². The SMILES string of the molecule is CCCCN(C)c1ccnc(N2CCN(c3cccc(Cl)c3)CC2)n1. The Morgan fingerprint density at radius 1 is 1.12 bits per heavy atom. The molecule has 0 spiro atoms. The van der Waals surface area contributed by atoms with E-state index in [1.165, 1.54) is 18.5 Å². The lowest BCUT2D eigenvalue weighted by Crippen LogP contribution is -2.47. The minimum absolute atomic E-state index is 0.783. The van der Waals surface area contributed by atoms with E-state index >= 15 is 0 Å². The normalized spacial score (nSPS) is 14.7. The number of unbranched alkanes of at least 4 members (excludes halogenated alkanes) is 1. The summed E-state index contributed by atoms with van der Waals surface area (Å²) < 4.78 is 0. The van der Waals surface area contributed by atoms with E-state index in [1.54, 1.807) is 0 Å². The molecule has 1 aliphatic heterocycles. The third-order valence-electron chi connectivity index (χ3n) is 4.60. The molecule has 134 valence electrons. The highest BCUT2D eigenvalue weighted by Crippen LogP contribution is 2.22. The van der Waals surface area contributed by atoms with Crippen molar-refractivity contribution in [3.8, 4) is 0 Å². The first-order valence-corrected chi connectivity index (χ1v) is 9.35. The summed E-state index contributed by atoms with van der Waals surface area (Å²) in [4.78, 5) is 16.1. The molecule has 0 atom stereocenters. The molecule has 1 aromatic carbocycles. The first-order valence-electron chi connectivity index (χ1n) is 8.97. The molecule has 5 nitrogen and oxygen atoms in total. The number of piperazine rings is 1. The maximum Gasteiger partial charge on any atom is 0.227 e.